The van der Waals surface area contributed by atoms with Crippen LogP contribution in [0.15, 0.2) is 35.4 Å². The molecule has 230 valence electrons. The maximum absolute atomic E-state index is 13.7. The summed E-state index contributed by atoms with van der Waals surface area (Å²) < 4.78 is 54.4. The maximum Gasteiger partial charge on any atom is 0.224 e. The first kappa shape index (κ1) is 31.1. The molecule has 4 aromatic rings. The van der Waals surface area contributed by atoms with Crippen LogP contribution in [0.4, 0.5) is 20.5 Å². The van der Waals surface area contributed by atoms with Crippen LogP contribution in [0.2, 0.25) is 0 Å². The van der Waals surface area contributed by atoms with E-state index in [-0.39, 0.29) is 11.8 Å². The van der Waals surface area contributed by atoms with Crippen molar-refractivity contribution in [2.45, 2.75) is 64.2 Å². The Labute approximate surface area is 252 Å². The van der Waals surface area contributed by atoms with Gasteiger partial charge in [-0.05, 0) is 43.9 Å². The highest BCUT2D eigenvalue weighted by Gasteiger charge is 2.44. The van der Waals surface area contributed by atoms with Gasteiger partial charge in [-0.2, -0.15) is 4.98 Å². The zero-order valence-corrected chi connectivity index (χ0v) is 26.0. The molecular weight excluding hydrogens is 598 g/mol. The fraction of sp³-hybridized carbons (Fsp3) is 0.448. The largest absolute Gasteiger partial charge is 0.390 e. The van der Waals surface area contributed by atoms with Crippen molar-refractivity contribution >= 4 is 43.2 Å². The first-order valence-electron chi connectivity index (χ1n) is 13.8. The van der Waals surface area contributed by atoms with Gasteiger partial charge in [0.25, 0.3) is 0 Å². The molecule has 1 aliphatic rings. The molecule has 5 rings (SSSR count). The number of fused-ring (bicyclic) bond motifs is 1. The molecule has 1 saturated carbocycles. The molecule has 0 radical (unpaired) electrons. The lowest BCUT2D eigenvalue weighted by Gasteiger charge is -2.22. The highest BCUT2D eigenvalue weighted by Crippen LogP contribution is 2.39. The normalized spacial score (nSPS) is 21.0. The first-order chi connectivity index (χ1) is 20.1. The monoisotopic (exact) mass is 632 g/mol. The second-order valence-electron chi connectivity index (χ2n) is 12.1. The summed E-state index contributed by atoms with van der Waals surface area (Å²) in [5.41, 5.74) is 2.69. The summed E-state index contributed by atoms with van der Waals surface area (Å²) in [5.74, 6) is -2.84. The molecule has 0 saturated heterocycles. The van der Waals surface area contributed by atoms with Crippen LogP contribution in [0.3, 0.4) is 0 Å². The third-order valence-corrected chi connectivity index (χ3v) is 10.2. The number of anilines is 2. The van der Waals surface area contributed by atoms with Gasteiger partial charge in [-0.1, -0.05) is 20.8 Å². The van der Waals surface area contributed by atoms with E-state index in [1.807, 2.05) is 19.9 Å². The number of pyridine rings is 1. The van der Waals surface area contributed by atoms with Crippen molar-refractivity contribution in [3.8, 4) is 10.6 Å². The molecule has 10 nitrogen and oxygen atoms in total. The minimum absolute atomic E-state index is 0.0511. The molecular formula is C29H34F2N6O4S2. The summed E-state index contributed by atoms with van der Waals surface area (Å²) in [6.07, 6.45) is -0.994. The maximum atomic E-state index is 13.7. The van der Waals surface area contributed by atoms with E-state index >= 15 is 0 Å². The number of nitrogens with zero attached hydrogens (tertiary/aromatic N) is 4. The number of benzene rings is 1. The molecule has 0 aliphatic heterocycles. The van der Waals surface area contributed by atoms with E-state index < -0.39 is 56.3 Å². The lowest BCUT2D eigenvalue weighted by atomic mass is 9.97. The van der Waals surface area contributed by atoms with Crippen LogP contribution in [0, 0.1) is 36.8 Å². The molecule has 1 aromatic carbocycles. The molecule has 1 fully saturated rings. The number of rotatable bonds is 8. The Bertz CT molecular complexity index is 1760. The van der Waals surface area contributed by atoms with Crippen LogP contribution < -0.4 is 10.6 Å². The molecule has 4 N–H and O–H groups in total. The average Bonchev–Trinajstić information content (AvgIpc) is 3.44. The number of hydrogen-bond acceptors (Lipinski definition) is 11. The molecule has 4 atom stereocenters. The Morgan fingerprint density at radius 2 is 1.72 bits per heavy atom. The molecule has 0 unspecified atom stereocenters. The summed E-state index contributed by atoms with van der Waals surface area (Å²) in [6.45, 7) is 10.5. The SMILES string of the molecule is Cc1nc(NCC(C)(C)C)nc(N[C@@H]2C[C@H](CS(=O)(=O)c3cc(F)cc(F)c3)[C@@H](O)[C@H]2O)c1-c1nc2c(C)nccc2s1. The van der Waals surface area contributed by atoms with Gasteiger partial charge >= 0.3 is 0 Å². The Hall–Kier alpha value is -3.33. The van der Waals surface area contributed by atoms with Crippen LogP contribution in [-0.2, 0) is 9.84 Å². The predicted molar refractivity (Wildman–Crippen MR) is 162 cm³/mol. The van der Waals surface area contributed by atoms with Crippen LogP contribution >= 0.6 is 11.3 Å². The third kappa shape index (κ3) is 6.77. The molecule has 1 aliphatic carbocycles. The van der Waals surface area contributed by atoms with Crippen molar-refractivity contribution in [2.24, 2.45) is 11.3 Å². The van der Waals surface area contributed by atoms with Crippen molar-refractivity contribution in [3.05, 3.63) is 53.5 Å². The smallest absolute Gasteiger partial charge is 0.224 e. The van der Waals surface area contributed by atoms with Gasteiger partial charge in [-0.25, -0.2) is 27.2 Å². The second-order valence-corrected chi connectivity index (χ2v) is 15.2. The summed E-state index contributed by atoms with van der Waals surface area (Å²) in [6, 6.07) is 3.15. The molecule has 14 heteroatoms. The summed E-state index contributed by atoms with van der Waals surface area (Å²) >= 11 is 1.44. The predicted octanol–water partition coefficient (Wildman–Crippen LogP) is 4.50. The molecule has 0 bridgehead atoms. The summed E-state index contributed by atoms with van der Waals surface area (Å²) in [5, 5.41) is 29.0. The minimum atomic E-state index is -4.17. The van der Waals surface area contributed by atoms with Gasteiger partial charge in [0, 0.05) is 24.7 Å². The van der Waals surface area contributed by atoms with Crippen molar-refractivity contribution in [2.75, 3.05) is 22.9 Å². The fourth-order valence-electron chi connectivity index (χ4n) is 5.14. The minimum Gasteiger partial charge on any atom is -0.390 e. The van der Waals surface area contributed by atoms with Gasteiger partial charge in [0.2, 0.25) is 5.95 Å². The molecule has 3 aromatic heterocycles. The Morgan fingerprint density at radius 1 is 1.02 bits per heavy atom. The first-order valence-corrected chi connectivity index (χ1v) is 16.2. The van der Waals surface area contributed by atoms with Crippen LogP contribution in [-0.4, -0.2) is 69.1 Å². The average molecular weight is 633 g/mol. The lowest BCUT2D eigenvalue weighted by molar-refractivity contribution is 0.0216. The van der Waals surface area contributed by atoms with Crippen molar-refractivity contribution in [1.29, 1.82) is 0 Å². The Kier molecular flexibility index (Phi) is 8.42. The van der Waals surface area contributed by atoms with E-state index in [1.54, 1.807) is 6.20 Å². The highest BCUT2D eigenvalue weighted by molar-refractivity contribution is 7.91. The lowest BCUT2D eigenvalue weighted by Crippen LogP contribution is -2.36. The number of aliphatic hydroxyl groups is 2. The molecule has 3 heterocycles. The summed E-state index contributed by atoms with van der Waals surface area (Å²) in [7, 11) is -4.17. The van der Waals surface area contributed by atoms with E-state index in [0.29, 0.717) is 40.6 Å². The standard InChI is InChI=1S/C29H34F2N6O4S2/c1-14-22(27-36-23-15(2)32-7-6-21(23)42-27)26(37-28(34-14)33-13-29(3,4)5)35-20-8-16(24(38)25(20)39)12-43(40,41)19-10-17(30)9-18(31)11-19/h6-7,9-11,16,20,24-25,38-39H,8,12-13H2,1-5H3,(H2,33,34,35,37)/t16-,20-,24-,25+/m1/s1. The third-order valence-electron chi connectivity index (χ3n) is 7.32. The van der Waals surface area contributed by atoms with Crippen LogP contribution in [0.5, 0.6) is 0 Å². The fourth-order valence-corrected chi connectivity index (χ4v) is 7.92. The second kappa shape index (κ2) is 11.6. The van der Waals surface area contributed by atoms with Gasteiger partial charge in [0.1, 0.15) is 34.1 Å². The van der Waals surface area contributed by atoms with Gasteiger partial charge in [0.05, 0.1) is 44.4 Å². The topological polar surface area (TPSA) is 150 Å². The molecule has 0 amide bonds. The van der Waals surface area contributed by atoms with E-state index in [1.165, 1.54) is 11.3 Å². The quantitative estimate of drug-likeness (QED) is 0.219. The van der Waals surface area contributed by atoms with Gasteiger partial charge in [-0.15, -0.1) is 11.3 Å². The van der Waals surface area contributed by atoms with Gasteiger partial charge in [0.15, 0.2) is 9.84 Å². The van der Waals surface area contributed by atoms with Crippen LogP contribution in [0.25, 0.3) is 20.8 Å². The number of hydrogen-bond donors (Lipinski definition) is 4. The molecule has 43 heavy (non-hydrogen) atoms. The van der Waals surface area contributed by atoms with Gasteiger partial charge < -0.3 is 20.8 Å². The number of aromatic nitrogens is 4. The highest BCUT2D eigenvalue weighted by atomic mass is 32.2. The number of aryl methyl sites for hydroxylation is 2. The summed E-state index contributed by atoms with van der Waals surface area (Å²) in [4.78, 5) is 18.0. The number of nitrogens with one attached hydrogen (secondary N) is 2. The Morgan fingerprint density at radius 3 is 2.37 bits per heavy atom. The van der Waals surface area contributed by atoms with Crippen molar-refractivity contribution < 1.29 is 27.4 Å². The van der Waals surface area contributed by atoms with E-state index in [2.05, 4.69) is 41.4 Å². The zero-order valence-electron chi connectivity index (χ0n) is 24.4. The molecule has 0 spiro atoms. The van der Waals surface area contributed by atoms with E-state index in [4.69, 9.17) is 9.97 Å². The number of aliphatic hydroxyl groups excluding tert-OH is 2. The van der Waals surface area contributed by atoms with Crippen LogP contribution in [0.1, 0.15) is 38.6 Å². The Balaban J connectivity index is 1.47. The van der Waals surface area contributed by atoms with E-state index in [9.17, 15) is 27.4 Å². The van der Waals surface area contributed by atoms with Crippen molar-refractivity contribution in [1.82, 2.24) is 19.9 Å². The number of sulfone groups is 1. The zero-order chi connectivity index (χ0) is 31.3. The number of thiazole rings is 1. The van der Waals surface area contributed by atoms with Gasteiger partial charge in [-0.3, -0.25) is 4.98 Å². The van der Waals surface area contributed by atoms with E-state index in [0.717, 1.165) is 28.0 Å². The van der Waals surface area contributed by atoms with Crippen molar-refractivity contribution in [3.63, 3.8) is 0 Å². The number of halogens is 2.